The molecule has 0 saturated heterocycles. The first-order valence-corrected chi connectivity index (χ1v) is 7.82. The van der Waals surface area contributed by atoms with Crippen molar-refractivity contribution in [2.45, 2.75) is 24.6 Å². The molecule has 0 aliphatic heterocycles. The summed E-state index contributed by atoms with van der Waals surface area (Å²) in [6, 6.07) is 10.9. The summed E-state index contributed by atoms with van der Waals surface area (Å²) < 4.78 is 38.1. The van der Waals surface area contributed by atoms with Crippen molar-refractivity contribution in [1.29, 1.82) is 0 Å². The van der Waals surface area contributed by atoms with E-state index in [1.54, 1.807) is 24.3 Å². The van der Waals surface area contributed by atoms with Gasteiger partial charge in [-0.25, -0.2) is 4.79 Å². The van der Waals surface area contributed by atoms with E-state index in [1.807, 2.05) is 0 Å². The fourth-order valence-electron chi connectivity index (χ4n) is 2.74. The number of alkyl halides is 3. The second-order valence-electron chi connectivity index (χ2n) is 6.05. The number of hydrogen-bond donors (Lipinski definition) is 3. The van der Waals surface area contributed by atoms with Gasteiger partial charge in [-0.1, -0.05) is 18.2 Å². The topological polar surface area (TPSA) is 78.4 Å². The smallest absolute Gasteiger partial charge is 0.416 e. The van der Waals surface area contributed by atoms with Gasteiger partial charge in [-0.3, -0.25) is 4.79 Å². The Morgan fingerprint density at radius 3 is 2.38 bits per heavy atom. The molecule has 0 bridgehead atoms. The maximum absolute atomic E-state index is 12.7. The lowest BCUT2D eigenvalue weighted by molar-refractivity contribution is -0.137. The quantitative estimate of drug-likeness (QED) is 0.765. The molecular weight excluding hydrogens is 349 g/mol. The predicted octanol–water partition coefficient (Wildman–Crippen LogP) is 4.08. The summed E-state index contributed by atoms with van der Waals surface area (Å²) in [6.45, 7) is 0. The Labute approximate surface area is 146 Å². The Morgan fingerprint density at radius 1 is 1.08 bits per heavy atom. The molecule has 2 unspecified atom stereocenters. The van der Waals surface area contributed by atoms with Crippen LogP contribution in [0, 0.1) is 0 Å². The summed E-state index contributed by atoms with van der Waals surface area (Å²) in [5.41, 5.74) is 0.423. The van der Waals surface area contributed by atoms with E-state index in [0.717, 1.165) is 17.7 Å². The lowest BCUT2D eigenvalue weighted by atomic mass is 10.1. The highest BCUT2D eigenvalue weighted by Crippen LogP contribution is 2.40. The number of benzene rings is 2. The average molecular weight is 364 g/mol. The molecule has 3 N–H and O–H groups in total. The van der Waals surface area contributed by atoms with Crippen LogP contribution < -0.4 is 10.6 Å². The third-order valence-corrected chi connectivity index (χ3v) is 4.15. The third-order valence-electron chi connectivity index (χ3n) is 4.15. The van der Waals surface area contributed by atoms with Crippen LogP contribution in [0.1, 0.15) is 33.8 Å². The fraction of sp³-hybridized carbons (Fsp3) is 0.222. The van der Waals surface area contributed by atoms with Gasteiger partial charge in [0.2, 0.25) is 0 Å². The second kappa shape index (κ2) is 6.70. The van der Waals surface area contributed by atoms with Gasteiger partial charge in [-0.05, 0) is 42.3 Å². The molecule has 0 spiro atoms. The highest BCUT2D eigenvalue weighted by Gasteiger charge is 2.39. The minimum Gasteiger partial charge on any atom is -0.465 e. The number of anilines is 1. The molecule has 1 aliphatic rings. The minimum absolute atomic E-state index is 0.0572. The third kappa shape index (κ3) is 4.14. The fourth-order valence-corrected chi connectivity index (χ4v) is 2.74. The van der Waals surface area contributed by atoms with Gasteiger partial charge >= 0.3 is 12.3 Å². The summed E-state index contributed by atoms with van der Waals surface area (Å²) in [4.78, 5) is 22.8. The number of rotatable bonds is 4. The van der Waals surface area contributed by atoms with Crippen LogP contribution in [0.2, 0.25) is 0 Å². The number of carbonyl (C=O) groups excluding carboxylic acids is 1. The molecule has 5 nitrogen and oxygen atoms in total. The van der Waals surface area contributed by atoms with Gasteiger partial charge in [-0.2, -0.15) is 13.2 Å². The van der Waals surface area contributed by atoms with E-state index in [0.29, 0.717) is 12.0 Å². The first-order chi connectivity index (χ1) is 12.2. The van der Waals surface area contributed by atoms with Gasteiger partial charge in [0.05, 0.1) is 5.56 Å². The van der Waals surface area contributed by atoms with Gasteiger partial charge in [-0.15, -0.1) is 0 Å². The van der Waals surface area contributed by atoms with Crippen molar-refractivity contribution in [3.63, 3.8) is 0 Å². The summed E-state index contributed by atoms with van der Waals surface area (Å²) >= 11 is 0. The van der Waals surface area contributed by atoms with Crippen LogP contribution in [0.4, 0.5) is 23.7 Å². The molecule has 26 heavy (non-hydrogen) atoms. The van der Waals surface area contributed by atoms with Crippen molar-refractivity contribution in [2.24, 2.45) is 0 Å². The highest BCUT2D eigenvalue weighted by molar-refractivity contribution is 6.04. The van der Waals surface area contributed by atoms with E-state index in [9.17, 15) is 22.8 Å². The Hall–Kier alpha value is -3.03. The van der Waals surface area contributed by atoms with Crippen molar-refractivity contribution in [2.75, 3.05) is 5.32 Å². The molecule has 2 amide bonds. The van der Waals surface area contributed by atoms with Crippen LogP contribution in [0.3, 0.4) is 0 Å². The van der Waals surface area contributed by atoms with Crippen LogP contribution in [-0.4, -0.2) is 23.1 Å². The minimum atomic E-state index is -4.48. The van der Waals surface area contributed by atoms with E-state index in [-0.39, 0.29) is 17.6 Å². The summed E-state index contributed by atoms with van der Waals surface area (Å²) in [5, 5.41) is 13.5. The van der Waals surface area contributed by atoms with Crippen LogP contribution >= 0.6 is 0 Å². The average Bonchev–Trinajstić information content (AvgIpc) is 3.33. The molecule has 8 heteroatoms. The largest absolute Gasteiger partial charge is 0.465 e. The number of nitrogens with one attached hydrogen (secondary N) is 2. The standard InChI is InChI=1S/C18H15F3N2O3/c19-18(20,21)12-2-1-3-13(8-12)22-16(24)11-6-4-10(5-7-11)14-9-15(14)23-17(25)26/h1-8,14-15,23H,9H2,(H,22,24)(H,25,26). The highest BCUT2D eigenvalue weighted by atomic mass is 19.4. The molecule has 0 radical (unpaired) electrons. The van der Waals surface area contributed by atoms with Crippen molar-refractivity contribution in [1.82, 2.24) is 5.32 Å². The summed E-state index contributed by atoms with van der Waals surface area (Å²) in [6.07, 6.45) is -4.86. The van der Waals surface area contributed by atoms with Gasteiger partial charge in [0.15, 0.2) is 0 Å². The Bertz CT molecular complexity index is 834. The Morgan fingerprint density at radius 2 is 1.77 bits per heavy atom. The first kappa shape index (κ1) is 17.8. The molecule has 3 rings (SSSR count). The van der Waals surface area contributed by atoms with E-state index >= 15 is 0 Å². The van der Waals surface area contributed by atoms with E-state index in [4.69, 9.17) is 5.11 Å². The lowest BCUT2D eigenvalue weighted by Gasteiger charge is -2.10. The molecule has 1 saturated carbocycles. The van der Waals surface area contributed by atoms with Gasteiger partial charge in [0.1, 0.15) is 0 Å². The van der Waals surface area contributed by atoms with E-state index < -0.39 is 23.7 Å². The van der Waals surface area contributed by atoms with Gasteiger partial charge < -0.3 is 15.7 Å². The van der Waals surface area contributed by atoms with E-state index in [2.05, 4.69) is 10.6 Å². The summed E-state index contributed by atoms with van der Waals surface area (Å²) in [5.74, 6) is -0.446. The zero-order valence-corrected chi connectivity index (χ0v) is 13.4. The number of amides is 2. The van der Waals surface area contributed by atoms with Gasteiger partial charge in [0.25, 0.3) is 5.91 Å². The van der Waals surface area contributed by atoms with E-state index in [1.165, 1.54) is 12.1 Å². The van der Waals surface area contributed by atoms with Crippen LogP contribution in [0.15, 0.2) is 48.5 Å². The lowest BCUT2D eigenvalue weighted by Crippen LogP contribution is -2.24. The molecule has 0 aromatic heterocycles. The van der Waals surface area contributed by atoms with Crippen molar-refractivity contribution in [3.8, 4) is 0 Å². The summed E-state index contributed by atoms with van der Waals surface area (Å²) in [7, 11) is 0. The molecule has 1 fully saturated rings. The molecule has 2 atom stereocenters. The number of halogens is 3. The second-order valence-corrected chi connectivity index (χ2v) is 6.05. The molecule has 0 heterocycles. The first-order valence-electron chi connectivity index (χ1n) is 7.82. The zero-order chi connectivity index (χ0) is 18.9. The van der Waals surface area contributed by atoms with Gasteiger partial charge in [0, 0.05) is 23.2 Å². The predicted molar refractivity (Wildman–Crippen MR) is 88.1 cm³/mol. The van der Waals surface area contributed by atoms with Crippen molar-refractivity contribution in [3.05, 3.63) is 65.2 Å². The number of carbonyl (C=O) groups is 2. The molecule has 2 aromatic rings. The maximum Gasteiger partial charge on any atom is 0.416 e. The molecule has 1 aliphatic carbocycles. The number of carboxylic acid groups (broad SMARTS) is 1. The van der Waals surface area contributed by atoms with Crippen LogP contribution in [0.25, 0.3) is 0 Å². The van der Waals surface area contributed by atoms with Crippen LogP contribution in [0.5, 0.6) is 0 Å². The van der Waals surface area contributed by atoms with Crippen molar-refractivity contribution >= 4 is 17.7 Å². The Balaban J connectivity index is 1.65. The maximum atomic E-state index is 12.7. The van der Waals surface area contributed by atoms with Crippen molar-refractivity contribution < 1.29 is 27.9 Å². The Kier molecular flexibility index (Phi) is 4.58. The molecule has 2 aromatic carbocycles. The number of hydrogen-bond acceptors (Lipinski definition) is 2. The molecular formula is C18H15F3N2O3. The monoisotopic (exact) mass is 364 g/mol. The van der Waals surface area contributed by atoms with Crippen LogP contribution in [-0.2, 0) is 6.18 Å². The zero-order valence-electron chi connectivity index (χ0n) is 13.4. The SMILES string of the molecule is O=C(O)NC1CC1c1ccc(C(=O)Nc2cccc(C(F)(F)F)c2)cc1. The normalized spacial score (nSPS) is 18.9. The molecule has 136 valence electrons.